The molecular formula is C16H20N2S4. The summed E-state index contributed by atoms with van der Waals surface area (Å²) in [4.78, 5) is 12.7. The van der Waals surface area contributed by atoms with Gasteiger partial charge >= 0.3 is 0 Å². The Balaban J connectivity index is 1.43. The van der Waals surface area contributed by atoms with Crippen LogP contribution < -0.4 is 0 Å². The lowest BCUT2D eigenvalue weighted by Gasteiger charge is -2.15. The van der Waals surface area contributed by atoms with Crippen LogP contribution in [0, 0.1) is 11.8 Å². The second-order valence-electron chi connectivity index (χ2n) is 6.56. The van der Waals surface area contributed by atoms with Crippen molar-refractivity contribution in [2.45, 2.75) is 61.1 Å². The first-order valence-electron chi connectivity index (χ1n) is 7.99. The van der Waals surface area contributed by atoms with Crippen LogP contribution in [0.15, 0.2) is 8.68 Å². The maximum absolute atomic E-state index is 4.83. The number of aromatic nitrogens is 2. The Morgan fingerprint density at radius 3 is 1.73 bits per heavy atom. The smallest absolute Gasteiger partial charge is 0.161 e. The van der Waals surface area contributed by atoms with Crippen LogP contribution in [0.4, 0.5) is 0 Å². The monoisotopic (exact) mass is 368 g/mol. The topological polar surface area (TPSA) is 25.8 Å². The maximum Gasteiger partial charge on any atom is 0.161 e. The van der Waals surface area contributed by atoms with E-state index in [1.54, 1.807) is 21.6 Å². The van der Waals surface area contributed by atoms with E-state index in [0.717, 1.165) is 11.8 Å². The lowest BCUT2D eigenvalue weighted by molar-refractivity contribution is 0.501. The molecule has 0 N–H and O–H groups in total. The molecule has 0 saturated heterocycles. The van der Waals surface area contributed by atoms with Gasteiger partial charge in [-0.25, -0.2) is 9.97 Å². The van der Waals surface area contributed by atoms with Crippen molar-refractivity contribution >= 4 is 44.3 Å². The third-order valence-corrected chi connectivity index (χ3v) is 9.73. The summed E-state index contributed by atoms with van der Waals surface area (Å²) in [6, 6.07) is 0. The second-order valence-corrected chi connectivity index (χ2v) is 11.4. The number of nitrogens with zero attached hydrogens (tertiary/aromatic N) is 2. The Morgan fingerprint density at radius 2 is 1.27 bits per heavy atom. The molecule has 0 aliphatic heterocycles. The Bertz CT molecular complexity index is 617. The molecule has 0 saturated carbocycles. The molecule has 2 aliphatic carbocycles. The van der Waals surface area contributed by atoms with E-state index in [4.69, 9.17) is 9.97 Å². The fourth-order valence-electron chi connectivity index (χ4n) is 3.17. The molecule has 2 atom stereocenters. The van der Waals surface area contributed by atoms with Gasteiger partial charge in [-0.1, -0.05) is 13.8 Å². The zero-order valence-corrected chi connectivity index (χ0v) is 16.2. The molecule has 0 spiro atoms. The summed E-state index contributed by atoms with van der Waals surface area (Å²) >= 11 is 3.80. The summed E-state index contributed by atoms with van der Waals surface area (Å²) in [6.07, 6.45) is 7.38. The molecule has 1 unspecified atom stereocenters. The molecule has 0 radical (unpaired) electrons. The predicted molar refractivity (Wildman–Crippen MR) is 98.3 cm³/mol. The van der Waals surface area contributed by atoms with Crippen LogP contribution in [0.3, 0.4) is 0 Å². The van der Waals surface area contributed by atoms with Gasteiger partial charge in [0.1, 0.15) is 0 Å². The van der Waals surface area contributed by atoms with Crippen LogP contribution >= 0.6 is 44.3 Å². The zero-order chi connectivity index (χ0) is 15.1. The summed E-state index contributed by atoms with van der Waals surface area (Å²) in [5.41, 5.74) is 2.72. The highest BCUT2D eigenvalue weighted by molar-refractivity contribution is 8.77. The number of thiazole rings is 2. The van der Waals surface area contributed by atoms with E-state index in [1.165, 1.54) is 68.3 Å². The Kier molecular flexibility index (Phi) is 4.55. The molecule has 0 bridgehead atoms. The van der Waals surface area contributed by atoms with Gasteiger partial charge in [-0.15, -0.1) is 22.7 Å². The number of aryl methyl sites for hydroxylation is 2. The van der Waals surface area contributed by atoms with E-state index in [1.807, 2.05) is 22.7 Å². The van der Waals surface area contributed by atoms with E-state index in [2.05, 4.69) is 13.8 Å². The van der Waals surface area contributed by atoms with Crippen LogP contribution in [0.25, 0.3) is 0 Å². The van der Waals surface area contributed by atoms with Crippen molar-refractivity contribution in [1.82, 2.24) is 9.97 Å². The minimum atomic E-state index is 0.825. The van der Waals surface area contributed by atoms with Crippen molar-refractivity contribution in [2.75, 3.05) is 0 Å². The van der Waals surface area contributed by atoms with E-state index in [-0.39, 0.29) is 0 Å². The van der Waals surface area contributed by atoms with Crippen LogP contribution in [-0.2, 0) is 25.7 Å². The van der Waals surface area contributed by atoms with Gasteiger partial charge in [0.25, 0.3) is 0 Å². The molecular weight excluding hydrogens is 348 g/mol. The molecule has 6 heteroatoms. The fourth-order valence-corrected chi connectivity index (χ4v) is 8.36. The first-order chi connectivity index (χ1) is 10.7. The number of rotatable bonds is 3. The first-order valence-corrected chi connectivity index (χ1v) is 11.8. The highest BCUT2D eigenvalue weighted by atomic mass is 33.1. The molecule has 4 rings (SSSR count). The predicted octanol–water partition coefficient (Wildman–Crippen LogP) is 5.65. The van der Waals surface area contributed by atoms with E-state index in [0.29, 0.717) is 0 Å². The third kappa shape index (κ3) is 3.25. The standard InChI is InChI=1S/C16H20N2S4/c1-9-3-5-11-13(7-9)19-15(17-11)21-22-16-18-12-6-4-10(2)8-14(12)20-16/h9-10H,3-8H2,1-2H3/t9-,10?/m1/s1. The molecule has 2 aromatic heterocycles. The quantitative estimate of drug-likeness (QED) is 0.654. The van der Waals surface area contributed by atoms with Gasteiger partial charge in [0.2, 0.25) is 0 Å². The molecule has 2 nitrogen and oxygen atoms in total. The van der Waals surface area contributed by atoms with Gasteiger partial charge in [0, 0.05) is 9.75 Å². The highest BCUT2D eigenvalue weighted by Crippen LogP contribution is 2.44. The molecule has 2 aromatic rings. The largest absolute Gasteiger partial charge is 0.234 e. The van der Waals surface area contributed by atoms with Crippen LogP contribution in [0.2, 0.25) is 0 Å². The third-order valence-electron chi connectivity index (χ3n) is 4.52. The average molecular weight is 369 g/mol. The second kappa shape index (κ2) is 6.46. The van der Waals surface area contributed by atoms with Crippen molar-refractivity contribution < 1.29 is 0 Å². The summed E-state index contributed by atoms with van der Waals surface area (Å²) in [5, 5.41) is 0. The minimum absolute atomic E-state index is 0.825. The van der Waals surface area contributed by atoms with Crippen molar-refractivity contribution in [2.24, 2.45) is 11.8 Å². The minimum Gasteiger partial charge on any atom is -0.234 e. The van der Waals surface area contributed by atoms with Gasteiger partial charge < -0.3 is 0 Å². The summed E-state index contributed by atoms with van der Waals surface area (Å²) < 4.78 is 2.43. The van der Waals surface area contributed by atoms with Crippen molar-refractivity contribution in [3.05, 3.63) is 21.1 Å². The summed E-state index contributed by atoms with van der Waals surface area (Å²) in [7, 11) is 3.61. The van der Waals surface area contributed by atoms with Crippen molar-refractivity contribution in [3.63, 3.8) is 0 Å². The zero-order valence-electron chi connectivity index (χ0n) is 12.9. The average Bonchev–Trinajstić information content (AvgIpc) is 3.07. The van der Waals surface area contributed by atoms with Gasteiger partial charge in [-0.2, -0.15) is 0 Å². The van der Waals surface area contributed by atoms with Gasteiger partial charge in [-0.3, -0.25) is 0 Å². The van der Waals surface area contributed by atoms with E-state index in [9.17, 15) is 0 Å². The van der Waals surface area contributed by atoms with Gasteiger partial charge in [0.15, 0.2) is 8.68 Å². The molecule has 0 aromatic carbocycles. The van der Waals surface area contributed by atoms with Crippen LogP contribution in [-0.4, -0.2) is 9.97 Å². The molecule has 118 valence electrons. The summed E-state index contributed by atoms with van der Waals surface area (Å²) in [6.45, 7) is 4.70. The number of hydrogen-bond donors (Lipinski definition) is 0. The van der Waals surface area contributed by atoms with Crippen LogP contribution in [0.5, 0.6) is 0 Å². The summed E-state index contributed by atoms with van der Waals surface area (Å²) in [5.74, 6) is 1.65. The molecule has 2 aliphatic rings. The molecule has 0 fully saturated rings. The number of fused-ring (bicyclic) bond motifs is 2. The van der Waals surface area contributed by atoms with Gasteiger partial charge in [0.05, 0.1) is 11.4 Å². The van der Waals surface area contributed by atoms with Crippen molar-refractivity contribution in [3.8, 4) is 0 Å². The SMILES string of the molecule is CC1CCc2nc(SSc3nc4c(s3)C[C@H](C)CC4)sc2C1. The Morgan fingerprint density at radius 1 is 0.818 bits per heavy atom. The van der Waals surface area contributed by atoms with E-state index >= 15 is 0 Å². The Labute approximate surface area is 147 Å². The lowest BCUT2D eigenvalue weighted by Crippen LogP contribution is -2.09. The maximum atomic E-state index is 4.83. The molecule has 2 heterocycles. The van der Waals surface area contributed by atoms with Crippen molar-refractivity contribution in [1.29, 1.82) is 0 Å². The lowest BCUT2D eigenvalue weighted by atomic mass is 9.93. The van der Waals surface area contributed by atoms with Crippen LogP contribution in [0.1, 0.15) is 47.8 Å². The molecule has 22 heavy (non-hydrogen) atoms. The molecule has 0 amide bonds. The normalized spacial score (nSPS) is 24.1. The number of hydrogen-bond acceptors (Lipinski definition) is 6. The fraction of sp³-hybridized carbons (Fsp3) is 0.625. The van der Waals surface area contributed by atoms with Gasteiger partial charge in [-0.05, 0) is 71.9 Å². The van der Waals surface area contributed by atoms with E-state index < -0.39 is 0 Å². The first kappa shape index (κ1) is 15.5. The Hall–Kier alpha value is -0.0400. The highest BCUT2D eigenvalue weighted by Gasteiger charge is 2.22.